The van der Waals surface area contributed by atoms with Gasteiger partial charge in [-0.15, -0.1) is 12.4 Å². The number of nitrogens with two attached hydrogens (primary N) is 1. The molecule has 1 aromatic heterocycles. The van der Waals surface area contributed by atoms with Gasteiger partial charge < -0.3 is 30.9 Å². The van der Waals surface area contributed by atoms with Crippen LogP contribution >= 0.6 is 12.4 Å². The second-order valence-corrected chi connectivity index (χ2v) is 16.2. The number of aromatic amines is 1. The van der Waals surface area contributed by atoms with Gasteiger partial charge in [0.25, 0.3) is 0 Å². The number of morpholine rings is 1. The smallest absolute Gasteiger partial charge is 0.411 e. The lowest BCUT2D eigenvalue weighted by Gasteiger charge is -2.28. The monoisotopic (exact) mass is 881 g/mol. The predicted molar refractivity (Wildman–Crippen MR) is 212 cm³/mol. The molecule has 6 rings (SSSR count). The number of nitrogens with zero attached hydrogens (tertiary/aromatic N) is 3. The summed E-state index contributed by atoms with van der Waals surface area (Å²) in [6.07, 6.45) is 2.88. The number of H-pyrrole nitrogens is 1. The molecule has 0 radical (unpaired) electrons. The zero-order valence-corrected chi connectivity index (χ0v) is 33.8. The van der Waals surface area contributed by atoms with Gasteiger partial charge >= 0.3 is 17.8 Å². The van der Waals surface area contributed by atoms with Gasteiger partial charge in [0.05, 0.1) is 20.3 Å². The maximum atomic E-state index is 14.2. The molecule has 2 aliphatic rings. The molecule has 60 heavy (non-hydrogen) atoms. The molecule has 21 heteroatoms. The topological polar surface area (TPSA) is 219 Å². The van der Waals surface area contributed by atoms with E-state index in [1.54, 1.807) is 42.5 Å². The van der Waals surface area contributed by atoms with Crippen LogP contribution in [0.4, 0.5) is 23.2 Å². The van der Waals surface area contributed by atoms with Crippen LogP contribution in [-0.4, -0.2) is 103 Å². The zero-order valence-electron chi connectivity index (χ0n) is 32.2. The number of aromatic nitrogens is 3. The second kappa shape index (κ2) is 19.1. The fourth-order valence-corrected chi connectivity index (χ4v) is 8.55. The van der Waals surface area contributed by atoms with E-state index in [-0.39, 0.29) is 84.7 Å². The average Bonchev–Trinajstić information content (AvgIpc) is 3.75. The van der Waals surface area contributed by atoms with Gasteiger partial charge in [0.1, 0.15) is 16.7 Å². The number of carboxylic acids is 1. The lowest BCUT2D eigenvalue weighted by Crippen LogP contribution is -2.48. The van der Waals surface area contributed by atoms with Gasteiger partial charge in [-0.3, -0.25) is 14.7 Å². The second-order valence-electron chi connectivity index (χ2n) is 14.3. The Kier molecular flexibility index (Phi) is 14.6. The summed E-state index contributed by atoms with van der Waals surface area (Å²) >= 11 is 0. The molecule has 1 aliphatic carbocycles. The van der Waals surface area contributed by atoms with Crippen LogP contribution in [0, 0.1) is 11.8 Å². The summed E-state index contributed by atoms with van der Waals surface area (Å²) in [4.78, 5) is 41.4. The van der Waals surface area contributed by atoms with Gasteiger partial charge in [-0.05, 0) is 91.2 Å². The Morgan fingerprint density at radius 2 is 1.58 bits per heavy atom. The van der Waals surface area contributed by atoms with E-state index in [2.05, 4.69) is 25.8 Å². The number of hydrogen-bond acceptors (Lipinski definition) is 10. The Morgan fingerprint density at radius 3 is 2.18 bits per heavy atom. The average molecular weight is 882 g/mol. The summed E-state index contributed by atoms with van der Waals surface area (Å²) in [7, 11) is -2.49. The van der Waals surface area contributed by atoms with Crippen molar-refractivity contribution < 1.29 is 54.9 Å². The van der Waals surface area contributed by atoms with Gasteiger partial charge in [0.2, 0.25) is 27.7 Å². The fourth-order valence-electron chi connectivity index (χ4n) is 6.96. The number of rotatable bonds is 15. The fraction of sp³-hybridized carbons (Fsp3) is 0.410. The van der Waals surface area contributed by atoms with Gasteiger partial charge in [0, 0.05) is 36.7 Å². The molecule has 0 unspecified atom stereocenters. The number of halogens is 5. The minimum absolute atomic E-state index is 0. The highest BCUT2D eigenvalue weighted by atomic mass is 35.5. The molecule has 4 aromatic rings. The number of nitrogens with one attached hydrogen (secondary N) is 3. The van der Waals surface area contributed by atoms with E-state index >= 15 is 0 Å². The van der Waals surface area contributed by atoms with Crippen molar-refractivity contribution in [1.29, 1.82) is 0 Å². The van der Waals surface area contributed by atoms with Crippen LogP contribution in [0.2, 0.25) is 0 Å². The highest BCUT2D eigenvalue weighted by molar-refractivity contribution is 7.89. The third kappa shape index (κ3) is 9.89. The van der Waals surface area contributed by atoms with Crippen LogP contribution in [-0.2, 0) is 41.5 Å². The number of carbonyl (C=O) groups is 3. The van der Waals surface area contributed by atoms with E-state index in [1.165, 1.54) is 35.7 Å². The zero-order chi connectivity index (χ0) is 42.5. The summed E-state index contributed by atoms with van der Waals surface area (Å²) in [5.74, 6) is -16.4. The first-order valence-corrected chi connectivity index (χ1v) is 20.2. The standard InChI is InChI=1S/C39H43F4N7O8S.ClH/c1-57-31-15-12-28(21-32(31)59(55,56)50-16-18-58-19-17-50)25-6-2-23(3-7-25)20-30(46-34(51)27-8-4-24(22-44)5-9-27)35(52)45-29-13-10-26(11-14-29)33-47-36(49-48-33)38(40,41)39(42,43)37(53)54;/h2-3,6-7,10-15,21,24,27,30H,4-5,8-9,16-20,22,44H2,1H3,(H,45,52)(H,46,51)(H,53,54)(H,47,48,49);1H/t24-,27-,30-;/m0./s1. The van der Waals surface area contributed by atoms with Gasteiger partial charge in [-0.2, -0.15) is 27.0 Å². The number of carboxylic acid groups (broad SMARTS) is 1. The summed E-state index contributed by atoms with van der Waals surface area (Å²) in [6, 6.07) is 16.4. The van der Waals surface area contributed by atoms with E-state index in [1.807, 2.05) is 0 Å². The van der Waals surface area contributed by atoms with Gasteiger partial charge in [-0.1, -0.05) is 30.3 Å². The molecule has 324 valence electrons. The summed E-state index contributed by atoms with van der Waals surface area (Å²) in [6.45, 7) is 1.53. The van der Waals surface area contributed by atoms with Crippen LogP contribution in [0.15, 0.2) is 71.6 Å². The molecular weight excluding hydrogens is 838 g/mol. The van der Waals surface area contributed by atoms with Crippen molar-refractivity contribution in [3.63, 3.8) is 0 Å². The van der Waals surface area contributed by atoms with Crippen LogP contribution in [0.3, 0.4) is 0 Å². The highest BCUT2D eigenvalue weighted by Gasteiger charge is 2.66. The van der Waals surface area contributed by atoms with Gasteiger partial charge in [0.15, 0.2) is 5.82 Å². The molecule has 3 aromatic carbocycles. The maximum Gasteiger partial charge on any atom is 0.411 e. The number of methoxy groups -OCH3 is 1. The normalized spacial score (nSPS) is 18.2. The quantitative estimate of drug-likeness (QED) is 0.102. The minimum atomic E-state index is -5.46. The molecule has 1 aliphatic heterocycles. The van der Waals surface area contributed by atoms with Crippen molar-refractivity contribution in [2.45, 2.75) is 54.9 Å². The Balaban J connectivity index is 0.00000683. The number of benzene rings is 3. The molecule has 1 saturated carbocycles. The van der Waals surface area contributed by atoms with Crippen molar-refractivity contribution >= 4 is 45.9 Å². The first-order valence-electron chi connectivity index (χ1n) is 18.7. The largest absolute Gasteiger partial charge is 0.495 e. The van der Waals surface area contributed by atoms with E-state index in [0.717, 1.165) is 12.8 Å². The summed E-state index contributed by atoms with van der Waals surface area (Å²) < 4.78 is 95.1. The van der Waals surface area contributed by atoms with Crippen molar-refractivity contribution in [2.24, 2.45) is 17.6 Å². The summed E-state index contributed by atoms with van der Waals surface area (Å²) in [5, 5.41) is 19.4. The van der Waals surface area contributed by atoms with Crippen molar-refractivity contribution in [2.75, 3.05) is 45.3 Å². The van der Waals surface area contributed by atoms with E-state index in [0.29, 0.717) is 42.0 Å². The predicted octanol–water partition coefficient (Wildman–Crippen LogP) is 4.83. The molecule has 2 fully saturated rings. The number of aliphatic carboxylic acids is 1. The highest BCUT2D eigenvalue weighted by Crippen LogP contribution is 2.42. The first kappa shape index (κ1) is 45.9. The van der Waals surface area contributed by atoms with Crippen LogP contribution in [0.1, 0.15) is 37.1 Å². The Hall–Kier alpha value is -5.15. The van der Waals surface area contributed by atoms with Gasteiger partial charge in [-0.25, -0.2) is 18.2 Å². The number of anilines is 1. The minimum Gasteiger partial charge on any atom is -0.495 e. The molecule has 15 nitrogen and oxygen atoms in total. The van der Waals surface area contributed by atoms with Crippen molar-refractivity contribution in [3.05, 3.63) is 78.1 Å². The molecule has 2 amide bonds. The van der Waals surface area contributed by atoms with E-state index < -0.39 is 45.6 Å². The van der Waals surface area contributed by atoms with Crippen molar-refractivity contribution in [3.8, 4) is 28.3 Å². The number of hydrogen-bond donors (Lipinski definition) is 5. The van der Waals surface area contributed by atoms with Crippen molar-refractivity contribution in [1.82, 2.24) is 24.8 Å². The van der Waals surface area contributed by atoms with E-state index in [9.17, 15) is 40.4 Å². The molecule has 0 bridgehead atoms. The van der Waals surface area contributed by atoms with Crippen LogP contribution in [0.25, 0.3) is 22.5 Å². The summed E-state index contributed by atoms with van der Waals surface area (Å²) in [5.41, 5.74) is 8.15. The molecular formula is C39H44ClF4N7O8S. The number of alkyl halides is 4. The Morgan fingerprint density at radius 1 is 0.967 bits per heavy atom. The lowest BCUT2D eigenvalue weighted by atomic mass is 9.81. The van der Waals surface area contributed by atoms with Crippen LogP contribution < -0.4 is 21.1 Å². The third-order valence-electron chi connectivity index (χ3n) is 10.5. The Bertz CT molecular complexity index is 2250. The third-order valence-corrected chi connectivity index (χ3v) is 12.4. The Labute approximate surface area is 348 Å². The number of amides is 2. The molecule has 0 spiro atoms. The number of ether oxygens (including phenoxy) is 2. The molecule has 1 atom stereocenters. The molecule has 6 N–H and O–H groups in total. The molecule has 2 heterocycles. The number of sulfonamides is 1. The van der Waals surface area contributed by atoms with E-state index in [4.69, 9.17) is 20.3 Å². The SMILES string of the molecule is COc1ccc(-c2ccc(C[C@H](NC(=O)[C@H]3CC[C@H](CN)CC3)C(=O)Nc3ccc(-c4nc(C(F)(F)C(F)(F)C(=O)O)n[nH]4)cc3)cc2)cc1S(=O)(=O)N1CCOCC1.Cl. The molecule has 1 saturated heterocycles. The lowest BCUT2D eigenvalue weighted by molar-refractivity contribution is -0.231. The maximum absolute atomic E-state index is 14.2. The first-order chi connectivity index (χ1) is 28.0. The van der Waals surface area contributed by atoms with Crippen LogP contribution in [0.5, 0.6) is 5.75 Å². The number of carbonyl (C=O) groups excluding carboxylic acids is 2.